The minimum atomic E-state index is -1.25. The van der Waals surface area contributed by atoms with Gasteiger partial charge < -0.3 is 37.6 Å². The van der Waals surface area contributed by atoms with Gasteiger partial charge in [-0.1, -0.05) is 6.92 Å². The van der Waals surface area contributed by atoms with Crippen LogP contribution in [0.4, 0.5) is 20.2 Å². The first kappa shape index (κ1) is 39.2. The minimum Gasteiger partial charge on any atom is -0.467 e. The zero-order valence-corrected chi connectivity index (χ0v) is 31.0. The van der Waals surface area contributed by atoms with E-state index >= 15 is 0 Å². The second-order valence-electron chi connectivity index (χ2n) is 14.6. The van der Waals surface area contributed by atoms with Gasteiger partial charge in [0.25, 0.3) is 0 Å². The van der Waals surface area contributed by atoms with Crippen LogP contribution in [0.5, 0.6) is 0 Å². The number of carbonyl (C=O) groups excluding carboxylic acids is 4. The van der Waals surface area contributed by atoms with Crippen LogP contribution in [0.25, 0.3) is 11.2 Å². The van der Waals surface area contributed by atoms with Gasteiger partial charge in [0.05, 0.1) is 26.1 Å². The number of anilines is 1. The van der Waals surface area contributed by atoms with Crippen LogP contribution in [0.15, 0.2) is 23.4 Å². The second-order valence-corrected chi connectivity index (χ2v) is 14.9. The standard InChI is InChI=1S/C32H43ClN6O12/c1-16-18(13-46-21(25(40)44-11)17-12-45-15-35-17)47-24(20(16)48-29(43)51-32(8,9)10)38-14-34-19-22(38)36-26(33)37-23(19)39(27(41)49-30(2,3)4)28(42)50-31(5,6)7/h12,14-16,18,20-21,24H,13H2,1-11H3/t16-,18-,20-,21?,24-/m1/s1. The van der Waals surface area contributed by atoms with Crippen molar-refractivity contribution in [1.29, 1.82) is 0 Å². The summed E-state index contributed by atoms with van der Waals surface area (Å²) >= 11 is 6.39. The van der Waals surface area contributed by atoms with Crippen molar-refractivity contribution in [3.63, 3.8) is 0 Å². The van der Waals surface area contributed by atoms with Crippen molar-refractivity contribution in [2.75, 3.05) is 18.6 Å². The van der Waals surface area contributed by atoms with Crippen molar-refractivity contribution in [3.05, 3.63) is 30.0 Å². The topological polar surface area (TPSA) is 206 Å². The maximum Gasteiger partial charge on any atom is 0.509 e. The zero-order valence-electron chi connectivity index (χ0n) is 30.3. The number of ether oxygens (including phenoxy) is 7. The number of carbonyl (C=O) groups is 4. The monoisotopic (exact) mass is 738 g/mol. The number of hydrogen-bond acceptors (Lipinski definition) is 16. The van der Waals surface area contributed by atoms with Crippen LogP contribution < -0.4 is 4.90 Å². The van der Waals surface area contributed by atoms with Crippen molar-refractivity contribution in [3.8, 4) is 0 Å². The molecule has 5 atom stereocenters. The molecular formula is C32H43ClN6O12. The molecule has 0 radical (unpaired) electrons. The van der Waals surface area contributed by atoms with Crippen LogP contribution in [0.3, 0.4) is 0 Å². The van der Waals surface area contributed by atoms with Crippen molar-refractivity contribution in [2.45, 2.75) is 111 Å². The molecule has 3 aromatic heterocycles. The van der Waals surface area contributed by atoms with E-state index in [1.165, 1.54) is 24.3 Å². The summed E-state index contributed by atoms with van der Waals surface area (Å²) < 4.78 is 45.8. The van der Waals surface area contributed by atoms with E-state index in [9.17, 15) is 19.2 Å². The summed E-state index contributed by atoms with van der Waals surface area (Å²) in [6.45, 7) is 16.3. The summed E-state index contributed by atoms with van der Waals surface area (Å²) in [5.41, 5.74) is -2.81. The molecular weight excluding hydrogens is 696 g/mol. The van der Waals surface area contributed by atoms with Gasteiger partial charge in [-0.2, -0.15) is 14.9 Å². The van der Waals surface area contributed by atoms with E-state index in [-0.39, 0.29) is 34.6 Å². The summed E-state index contributed by atoms with van der Waals surface area (Å²) in [4.78, 5) is 69.9. The number of imidazole rings is 1. The molecule has 280 valence electrons. The molecule has 1 unspecified atom stereocenters. The van der Waals surface area contributed by atoms with Crippen LogP contribution in [-0.4, -0.2) is 91.5 Å². The van der Waals surface area contributed by atoms with E-state index in [0.29, 0.717) is 4.90 Å². The number of methoxy groups -OCH3 is 1. The SMILES string of the molecule is COC(=O)C(OC[C@H]1O[C@@H](n2cnc3c(N(C(=O)OC(C)(C)C)C(=O)OC(C)(C)C)nc(Cl)nc32)[C@H](OC(=O)OC(C)(C)C)[C@@H]1C)c1cocn1. The molecule has 1 aliphatic rings. The Bertz CT molecular complexity index is 1700. The average Bonchev–Trinajstić information content (AvgIpc) is 3.71. The number of halogens is 1. The van der Waals surface area contributed by atoms with E-state index < -0.39 is 71.6 Å². The molecule has 4 heterocycles. The fourth-order valence-corrected chi connectivity index (χ4v) is 4.98. The number of nitrogens with zero attached hydrogens (tertiary/aromatic N) is 6. The van der Waals surface area contributed by atoms with Gasteiger partial charge in [-0.25, -0.2) is 29.1 Å². The van der Waals surface area contributed by atoms with E-state index in [1.54, 1.807) is 69.2 Å². The lowest BCUT2D eigenvalue weighted by molar-refractivity contribution is -0.158. The number of rotatable bonds is 8. The highest BCUT2D eigenvalue weighted by molar-refractivity contribution is 6.29. The van der Waals surface area contributed by atoms with Gasteiger partial charge >= 0.3 is 24.3 Å². The Kier molecular flexibility index (Phi) is 11.5. The predicted molar refractivity (Wildman–Crippen MR) is 177 cm³/mol. The number of esters is 1. The lowest BCUT2D eigenvalue weighted by atomic mass is 10.0. The number of imide groups is 1. The number of fused-ring (bicyclic) bond motifs is 1. The maximum absolute atomic E-state index is 13.5. The maximum atomic E-state index is 13.5. The van der Waals surface area contributed by atoms with Crippen LogP contribution in [-0.2, 0) is 38.0 Å². The predicted octanol–water partition coefficient (Wildman–Crippen LogP) is 5.93. The van der Waals surface area contributed by atoms with Crippen molar-refractivity contribution < 1.29 is 56.8 Å². The normalized spacial score (nSPS) is 20.1. The second kappa shape index (κ2) is 15.0. The molecule has 1 aliphatic heterocycles. The molecule has 1 saturated heterocycles. The Morgan fingerprint density at radius 3 is 2.08 bits per heavy atom. The molecule has 1 fully saturated rings. The fraction of sp³-hybridized carbons (Fsp3) is 0.625. The molecule has 0 N–H and O–H groups in total. The van der Waals surface area contributed by atoms with Gasteiger partial charge in [0, 0.05) is 5.92 Å². The van der Waals surface area contributed by atoms with Crippen LogP contribution in [0, 0.1) is 5.92 Å². The van der Waals surface area contributed by atoms with E-state index in [0.717, 1.165) is 6.39 Å². The van der Waals surface area contributed by atoms with Crippen LogP contribution in [0.1, 0.15) is 87.3 Å². The van der Waals surface area contributed by atoms with Crippen molar-refractivity contribution in [2.24, 2.45) is 5.92 Å². The summed E-state index contributed by atoms with van der Waals surface area (Å²) in [5, 5.41) is -0.375. The fourth-order valence-electron chi connectivity index (χ4n) is 4.82. The van der Waals surface area contributed by atoms with Crippen LogP contribution >= 0.6 is 11.6 Å². The van der Waals surface area contributed by atoms with Gasteiger partial charge in [-0.05, 0) is 73.9 Å². The molecule has 0 aromatic carbocycles. The third kappa shape index (κ3) is 9.83. The minimum absolute atomic E-state index is 0.00583. The quantitative estimate of drug-likeness (QED) is 0.149. The summed E-state index contributed by atoms with van der Waals surface area (Å²) in [5.74, 6) is -1.66. The third-order valence-electron chi connectivity index (χ3n) is 6.90. The lowest BCUT2D eigenvalue weighted by Crippen LogP contribution is -2.44. The van der Waals surface area contributed by atoms with Crippen LogP contribution in [0.2, 0.25) is 5.28 Å². The first-order valence-corrected chi connectivity index (χ1v) is 16.2. The highest BCUT2D eigenvalue weighted by Gasteiger charge is 2.48. The number of oxazole rings is 1. The molecule has 4 rings (SSSR count). The van der Waals surface area contributed by atoms with Gasteiger partial charge in [0.2, 0.25) is 5.28 Å². The van der Waals surface area contributed by atoms with E-state index in [4.69, 9.17) is 49.2 Å². The Hall–Kier alpha value is -4.55. The first-order valence-electron chi connectivity index (χ1n) is 15.9. The molecule has 2 amide bonds. The Labute approximate surface area is 299 Å². The largest absolute Gasteiger partial charge is 0.509 e. The molecule has 0 aliphatic carbocycles. The Morgan fingerprint density at radius 2 is 1.55 bits per heavy atom. The highest BCUT2D eigenvalue weighted by Crippen LogP contribution is 2.40. The van der Waals surface area contributed by atoms with Gasteiger partial charge in [-0.3, -0.25) is 4.57 Å². The van der Waals surface area contributed by atoms with Gasteiger partial charge in [0.15, 0.2) is 41.8 Å². The van der Waals surface area contributed by atoms with Gasteiger partial charge in [-0.15, -0.1) is 0 Å². The Morgan fingerprint density at radius 1 is 0.941 bits per heavy atom. The Balaban J connectivity index is 1.77. The zero-order chi connectivity index (χ0) is 38.1. The highest BCUT2D eigenvalue weighted by atomic mass is 35.5. The first-order chi connectivity index (χ1) is 23.6. The summed E-state index contributed by atoms with van der Waals surface area (Å²) in [7, 11) is 1.20. The summed E-state index contributed by atoms with van der Waals surface area (Å²) in [6.07, 6.45) is -3.78. The van der Waals surface area contributed by atoms with E-state index in [1.807, 2.05) is 0 Å². The van der Waals surface area contributed by atoms with E-state index in [2.05, 4.69) is 19.9 Å². The number of aromatic nitrogens is 5. The smallest absolute Gasteiger partial charge is 0.467 e. The molecule has 51 heavy (non-hydrogen) atoms. The molecule has 0 spiro atoms. The lowest BCUT2D eigenvalue weighted by Gasteiger charge is -2.28. The third-order valence-corrected chi connectivity index (χ3v) is 7.07. The molecule has 19 heteroatoms. The molecule has 3 aromatic rings. The molecule has 0 bridgehead atoms. The summed E-state index contributed by atoms with van der Waals surface area (Å²) in [6, 6.07) is 0. The van der Waals surface area contributed by atoms with Gasteiger partial charge in [0.1, 0.15) is 28.8 Å². The van der Waals surface area contributed by atoms with Crippen molar-refractivity contribution in [1.82, 2.24) is 24.5 Å². The molecule has 18 nitrogen and oxygen atoms in total. The molecule has 0 saturated carbocycles. The number of hydrogen-bond donors (Lipinski definition) is 0. The average molecular weight is 739 g/mol. The number of amides is 2. The van der Waals surface area contributed by atoms with Crippen molar-refractivity contribution >= 4 is 52.9 Å².